The molecule has 1 amide bonds. The van der Waals surface area contributed by atoms with E-state index in [9.17, 15) is 14.7 Å². The molecule has 31 heavy (non-hydrogen) atoms. The maximum atomic E-state index is 13.1. The fourth-order valence-electron chi connectivity index (χ4n) is 4.30. The summed E-state index contributed by atoms with van der Waals surface area (Å²) in [6, 6.07) is 14.1. The molecule has 1 saturated heterocycles. The molecule has 0 aliphatic carbocycles. The van der Waals surface area contributed by atoms with Gasteiger partial charge in [0.1, 0.15) is 11.5 Å². The van der Waals surface area contributed by atoms with Crippen LogP contribution in [0.25, 0.3) is 16.7 Å². The van der Waals surface area contributed by atoms with Crippen molar-refractivity contribution in [2.45, 2.75) is 26.3 Å². The van der Waals surface area contributed by atoms with Crippen molar-refractivity contribution in [3.8, 4) is 5.75 Å². The number of carbonyl (C=O) groups is 2. The van der Waals surface area contributed by atoms with Crippen LogP contribution in [-0.4, -0.2) is 39.4 Å². The zero-order valence-electron chi connectivity index (χ0n) is 18.0. The van der Waals surface area contributed by atoms with E-state index in [1.54, 1.807) is 29.2 Å². The molecule has 2 aromatic carbocycles. The van der Waals surface area contributed by atoms with Gasteiger partial charge in [-0.3, -0.25) is 9.59 Å². The number of aryl methyl sites for hydroxylation is 1. The number of fused-ring (bicyclic) bond motifs is 1. The average molecular weight is 418 g/mol. The Balaban J connectivity index is 1.90. The predicted molar refractivity (Wildman–Crippen MR) is 120 cm³/mol. The van der Waals surface area contributed by atoms with Crippen LogP contribution in [0.2, 0.25) is 0 Å². The van der Waals surface area contributed by atoms with Gasteiger partial charge >= 0.3 is 0 Å². The molecule has 6 nitrogen and oxygen atoms in total. The van der Waals surface area contributed by atoms with E-state index in [4.69, 9.17) is 4.74 Å². The molecule has 0 bridgehead atoms. The summed E-state index contributed by atoms with van der Waals surface area (Å²) in [6.45, 7) is 4.83. The fourth-order valence-corrected chi connectivity index (χ4v) is 4.30. The first-order valence-corrected chi connectivity index (χ1v) is 10.5. The Morgan fingerprint density at radius 3 is 2.45 bits per heavy atom. The van der Waals surface area contributed by atoms with Gasteiger partial charge in [-0.15, -0.1) is 0 Å². The molecule has 1 aliphatic heterocycles. The molecule has 3 aromatic rings. The van der Waals surface area contributed by atoms with Crippen LogP contribution in [0.4, 0.5) is 0 Å². The van der Waals surface area contributed by atoms with Crippen LogP contribution in [0, 0.1) is 0 Å². The maximum absolute atomic E-state index is 13.1. The molecule has 160 valence electrons. The Bertz CT molecular complexity index is 1170. The smallest absolute Gasteiger partial charge is 0.295 e. The normalized spacial score (nSPS) is 18.2. The minimum Gasteiger partial charge on any atom is -0.507 e. The van der Waals surface area contributed by atoms with E-state index < -0.39 is 17.7 Å². The average Bonchev–Trinajstić information content (AvgIpc) is 3.23. The summed E-state index contributed by atoms with van der Waals surface area (Å²) >= 11 is 0. The second-order valence-corrected chi connectivity index (χ2v) is 7.66. The van der Waals surface area contributed by atoms with Crippen molar-refractivity contribution in [3.05, 3.63) is 71.4 Å². The van der Waals surface area contributed by atoms with Crippen molar-refractivity contribution >= 4 is 28.4 Å². The van der Waals surface area contributed by atoms with Gasteiger partial charge in [0.05, 0.1) is 18.2 Å². The first-order valence-electron chi connectivity index (χ1n) is 10.5. The Hall–Kier alpha value is -3.54. The number of carbonyl (C=O) groups excluding carboxylic acids is 2. The largest absolute Gasteiger partial charge is 0.507 e. The lowest BCUT2D eigenvalue weighted by Crippen LogP contribution is -2.30. The molecule has 1 atom stereocenters. The van der Waals surface area contributed by atoms with Crippen LogP contribution in [0.15, 0.2) is 60.3 Å². The molecular formula is C25H26N2O4. The molecule has 0 spiro atoms. The third-order valence-electron chi connectivity index (χ3n) is 5.67. The first-order chi connectivity index (χ1) is 15.0. The number of para-hydroxylation sites is 1. The molecule has 1 fully saturated rings. The summed E-state index contributed by atoms with van der Waals surface area (Å²) in [7, 11) is 1.93. The fraction of sp³-hybridized carbons (Fsp3) is 0.280. The van der Waals surface area contributed by atoms with Gasteiger partial charge in [-0.05, 0) is 43.7 Å². The van der Waals surface area contributed by atoms with Crippen molar-refractivity contribution in [3.63, 3.8) is 0 Å². The molecule has 2 heterocycles. The number of rotatable bonds is 6. The lowest BCUT2D eigenvalue weighted by molar-refractivity contribution is -0.139. The van der Waals surface area contributed by atoms with Crippen molar-refractivity contribution in [1.29, 1.82) is 0 Å². The Labute approximate surface area is 181 Å². The van der Waals surface area contributed by atoms with Crippen LogP contribution in [0.3, 0.4) is 0 Å². The summed E-state index contributed by atoms with van der Waals surface area (Å²) in [5, 5.41) is 12.1. The lowest BCUT2D eigenvalue weighted by Gasteiger charge is -2.24. The molecule has 1 unspecified atom stereocenters. The van der Waals surface area contributed by atoms with Crippen LogP contribution >= 0.6 is 0 Å². The van der Waals surface area contributed by atoms with Crippen LogP contribution in [0.5, 0.6) is 5.75 Å². The van der Waals surface area contributed by atoms with Gasteiger partial charge in [0.25, 0.3) is 11.7 Å². The number of aliphatic hydroxyl groups excluding tert-OH is 1. The number of hydrogen-bond donors (Lipinski definition) is 1. The first kappa shape index (κ1) is 20.7. The van der Waals surface area contributed by atoms with E-state index in [1.807, 2.05) is 55.9 Å². The van der Waals surface area contributed by atoms with Gasteiger partial charge in [-0.25, -0.2) is 0 Å². The lowest BCUT2D eigenvalue weighted by atomic mass is 9.95. The van der Waals surface area contributed by atoms with E-state index in [1.165, 1.54) is 0 Å². The summed E-state index contributed by atoms with van der Waals surface area (Å²) in [5.41, 5.74) is 2.43. The number of benzene rings is 2. The summed E-state index contributed by atoms with van der Waals surface area (Å²) in [4.78, 5) is 27.5. The van der Waals surface area contributed by atoms with Gasteiger partial charge in [-0.1, -0.05) is 25.1 Å². The highest BCUT2D eigenvalue weighted by Gasteiger charge is 2.46. The number of ether oxygens (including phenoxy) is 1. The third-order valence-corrected chi connectivity index (χ3v) is 5.67. The van der Waals surface area contributed by atoms with E-state index in [-0.39, 0.29) is 11.3 Å². The molecular weight excluding hydrogens is 392 g/mol. The topological polar surface area (TPSA) is 71.8 Å². The van der Waals surface area contributed by atoms with E-state index in [0.717, 1.165) is 16.5 Å². The minimum absolute atomic E-state index is 0.124. The number of nitrogens with zero attached hydrogens (tertiary/aromatic N) is 2. The number of ketones is 1. The van der Waals surface area contributed by atoms with Gasteiger partial charge in [0.2, 0.25) is 0 Å². The van der Waals surface area contributed by atoms with Crippen molar-refractivity contribution in [1.82, 2.24) is 9.47 Å². The van der Waals surface area contributed by atoms with Crippen molar-refractivity contribution in [2.75, 3.05) is 13.2 Å². The van der Waals surface area contributed by atoms with Gasteiger partial charge in [0.15, 0.2) is 0 Å². The van der Waals surface area contributed by atoms with E-state index >= 15 is 0 Å². The third kappa shape index (κ3) is 3.48. The SMILES string of the molecule is CCCN1C(=O)C(=O)/C(=C(/O)c2ccc(OCC)cc2)C1c1cn(C)c2ccccc12. The van der Waals surface area contributed by atoms with Crippen LogP contribution in [-0.2, 0) is 16.6 Å². The highest BCUT2D eigenvalue weighted by molar-refractivity contribution is 6.46. The second kappa shape index (κ2) is 8.30. The Kier molecular flexibility index (Phi) is 5.55. The summed E-state index contributed by atoms with van der Waals surface area (Å²) in [5.74, 6) is -0.723. The quantitative estimate of drug-likeness (QED) is 0.366. The second-order valence-electron chi connectivity index (χ2n) is 7.66. The van der Waals surface area contributed by atoms with Gasteiger partial charge < -0.3 is 19.3 Å². The molecule has 1 aliphatic rings. The molecule has 4 rings (SSSR count). The Morgan fingerprint density at radius 1 is 1.06 bits per heavy atom. The molecule has 6 heteroatoms. The standard InChI is InChI=1S/C25H26N2O4/c1-4-14-27-22(19-15-26(3)20-9-7-6-8-18(19)20)21(24(29)25(27)30)23(28)16-10-12-17(13-11-16)31-5-2/h6-13,15,22,28H,4-5,14H2,1-3H3/b23-21+. The molecule has 0 saturated carbocycles. The zero-order chi connectivity index (χ0) is 22.1. The monoisotopic (exact) mass is 418 g/mol. The number of amides is 1. The highest BCUT2D eigenvalue weighted by atomic mass is 16.5. The maximum Gasteiger partial charge on any atom is 0.295 e. The molecule has 1 aromatic heterocycles. The molecule has 0 radical (unpaired) electrons. The highest BCUT2D eigenvalue weighted by Crippen LogP contribution is 2.42. The molecule has 1 N–H and O–H groups in total. The van der Waals surface area contributed by atoms with E-state index in [0.29, 0.717) is 30.9 Å². The number of hydrogen-bond acceptors (Lipinski definition) is 4. The Morgan fingerprint density at radius 2 is 1.77 bits per heavy atom. The zero-order valence-corrected chi connectivity index (χ0v) is 18.0. The van der Waals surface area contributed by atoms with Crippen LogP contribution in [0.1, 0.15) is 37.4 Å². The minimum atomic E-state index is -0.655. The number of likely N-dealkylation sites (tertiary alicyclic amines) is 1. The summed E-state index contributed by atoms with van der Waals surface area (Å²) < 4.78 is 7.44. The summed E-state index contributed by atoms with van der Waals surface area (Å²) in [6.07, 6.45) is 2.65. The number of aliphatic hydroxyl groups is 1. The van der Waals surface area contributed by atoms with Crippen LogP contribution < -0.4 is 4.74 Å². The predicted octanol–water partition coefficient (Wildman–Crippen LogP) is 4.41. The van der Waals surface area contributed by atoms with Crippen molar-refractivity contribution < 1.29 is 19.4 Å². The number of aromatic nitrogens is 1. The van der Waals surface area contributed by atoms with Gasteiger partial charge in [0, 0.05) is 41.8 Å². The van der Waals surface area contributed by atoms with Gasteiger partial charge in [-0.2, -0.15) is 0 Å². The number of Topliss-reactive ketones (excluding diaryl/α,β-unsaturated/α-hetero) is 1. The van der Waals surface area contributed by atoms with Crippen molar-refractivity contribution in [2.24, 2.45) is 7.05 Å². The van der Waals surface area contributed by atoms with E-state index in [2.05, 4.69) is 0 Å².